The van der Waals surface area contributed by atoms with Crippen LogP contribution in [0.5, 0.6) is 11.5 Å². The normalized spacial score (nSPS) is 15.4. The maximum absolute atomic E-state index is 12.8. The van der Waals surface area contributed by atoms with Crippen molar-refractivity contribution >= 4 is 39.9 Å². The first-order chi connectivity index (χ1) is 14.0. The fourth-order valence-corrected chi connectivity index (χ4v) is 2.97. The average Bonchev–Trinajstić information content (AvgIpc) is 2.73. The molecule has 1 fully saturated rings. The van der Waals surface area contributed by atoms with Gasteiger partial charge in [0.25, 0.3) is 11.8 Å². The van der Waals surface area contributed by atoms with Crippen molar-refractivity contribution in [3.63, 3.8) is 0 Å². The molecule has 0 bridgehead atoms. The van der Waals surface area contributed by atoms with Crippen LogP contribution >= 0.6 is 15.9 Å². The summed E-state index contributed by atoms with van der Waals surface area (Å²) >= 11 is 3.29. The van der Waals surface area contributed by atoms with Gasteiger partial charge in [0.15, 0.2) is 11.5 Å². The zero-order chi connectivity index (χ0) is 20.8. The molecule has 4 amide bonds. The molecule has 0 radical (unpaired) electrons. The lowest BCUT2D eigenvalue weighted by molar-refractivity contribution is -0.130. The molecule has 0 atom stereocenters. The third kappa shape index (κ3) is 4.83. The number of halogens is 1. The molecule has 0 spiro atoms. The van der Waals surface area contributed by atoms with Crippen LogP contribution < -0.4 is 14.8 Å². The number of alkyl halides is 1. The first kappa shape index (κ1) is 20.6. The summed E-state index contributed by atoms with van der Waals surface area (Å²) in [6, 6.07) is 13.4. The lowest BCUT2D eigenvalue weighted by Gasteiger charge is -2.26. The Morgan fingerprint density at radius 1 is 1.07 bits per heavy atom. The molecule has 0 unspecified atom stereocenters. The fraction of sp³-hybridized carbons (Fsp3) is 0.190. The second kappa shape index (κ2) is 9.38. The standard InChI is InChI=1S/C21H19BrN2O5/c1-28-18-12-15(7-8-17(18)29-10-9-22)11-16-19(25)23-21(27)24(20(16)26)13-14-5-3-2-4-6-14/h2-8,11-12H,9-10,13H2,1H3,(H,23,25,27)/b16-11+. The van der Waals surface area contributed by atoms with Gasteiger partial charge in [0, 0.05) is 5.33 Å². The summed E-state index contributed by atoms with van der Waals surface area (Å²) in [5, 5.41) is 2.88. The number of methoxy groups -OCH3 is 1. The number of rotatable bonds is 7. The van der Waals surface area contributed by atoms with E-state index in [1.165, 1.54) is 13.2 Å². The quantitative estimate of drug-likeness (QED) is 0.391. The van der Waals surface area contributed by atoms with Gasteiger partial charge in [-0.1, -0.05) is 52.3 Å². The summed E-state index contributed by atoms with van der Waals surface area (Å²) in [7, 11) is 1.51. The van der Waals surface area contributed by atoms with Crippen LogP contribution in [0.3, 0.4) is 0 Å². The number of nitrogens with zero attached hydrogens (tertiary/aromatic N) is 1. The Kier molecular flexibility index (Phi) is 6.66. The van der Waals surface area contributed by atoms with E-state index in [-0.39, 0.29) is 12.1 Å². The molecule has 0 saturated carbocycles. The summed E-state index contributed by atoms with van der Waals surface area (Å²) in [5.74, 6) is -0.361. The van der Waals surface area contributed by atoms with E-state index in [9.17, 15) is 14.4 Å². The number of imide groups is 2. The van der Waals surface area contributed by atoms with Gasteiger partial charge >= 0.3 is 6.03 Å². The highest BCUT2D eigenvalue weighted by atomic mass is 79.9. The largest absolute Gasteiger partial charge is 0.493 e. The van der Waals surface area contributed by atoms with Crippen LogP contribution in [0.25, 0.3) is 6.08 Å². The average molecular weight is 459 g/mol. The number of ether oxygens (including phenoxy) is 2. The molecule has 150 valence electrons. The topological polar surface area (TPSA) is 84.9 Å². The van der Waals surface area contributed by atoms with Gasteiger partial charge in [0.2, 0.25) is 0 Å². The molecule has 1 aliphatic heterocycles. The Morgan fingerprint density at radius 3 is 2.52 bits per heavy atom. The second-order valence-electron chi connectivity index (χ2n) is 6.14. The SMILES string of the molecule is COc1cc(/C=C2\C(=O)NC(=O)N(Cc3ccccc3)C2=O)ccc1OCCBr. The minimum absolute atomic E-state index is 0.0682. The van der Waals surface area contributed by atoms with Crippen molar-refractivity contribution in [2.24, 2.45) is 0 Å². The van der Waals surface area contributed by atoms with Gasteiger partial charge in [-0.25, -0.2) is 4.79 Å². The lowest BCUT2D eigenvalue weighted by atomic mass is 10.1. The van der Waals surface area contributed by atoms with Crippen LogP contribution in [-0.4, -0.2) is 41.8 Å². The molecule has 2 aromatic carbocycles. The van der Waals surface area contributed by atoms with E-state index < -0.39 is 17.8 Å². The maximum atomic E-state index is 12.8. The van der Waals surface area contributed by atoms with Gasteiger partial charge in [0.05, 0.1) is 20.3 Å². The summed E-state index contributed by atoms with van der Waals surface area (Å²) in [6.45, 7) is 0.535. The molecule has 3 rings (SSSR count). The van der Waals surface area contributed by atoms with Crippen molar-refractivity contribution < 1.29 is 23.9 Å². The Morgan fingerprint density at radius 2 is 1.83 bits per heavy atom. The number of hydrogen-bond donors (Lipinski definition) is 1. The molecule has 7 nitrogen and oxygen atoms in total. The van der Waals surface area contributed by atoms with E-state index in [0.29, 0.717) is 29.0 Å². The second-order valence-corrected chi connectivity index (χ2v) is 6.93. The van der Waals surface area contributed by atoms with Gasteiger partial charge in [-0.05, 0) is 29.3 Å². The number of nitrogens with one attached hydrogen (secondary N) is 1. The molecule has 8 heteroatoms. The smallest absolute Gasteiger partial charge is 0.331 e. The van der Waals surface area contributed by atoms with Crippen LogP contribution in [0.2, 0.25) is 0 Å². The summed E-state index contributed by atoms with van der Waals surface area (Å²) in [4.78, 5) is 38.3. The highest BCUT2D eigenvalue weighted by Crippen LogP contribution is 2.29. The van der Waals surface area contributed by atoms with E-state index >= 15 is 0 Å². The van der Waals surface area contributed by atoms with Gasteiger partial charge in [-0.15, -0.1) is 0 Å². The third-order valence-electron chi connectivity index (χ3n) is 4.20. The van der Waals surface area contributed by atoms with Crippen LogP contribution in [0.1, 0.15) is 11.1 Å². The number of barbiturate groups is 1. The Hall–Kier alpha value is -3.13. The number of urea groups is 1. The number of hydrogen-bond acceptors (Lipinski definition) is 5. The van der Waals surface area contributed by atoms with Gasteiger partial charge in [0.1, 0.15) is 5.57 Å². The van der Waals surface area contributed by atoms with Crippen molar-refractivity contribution in [1.29, 1.82) is 0 Å². The highest BCUT2D eigenvalue weighted by molar-refractivity contribution is 9.09. The van der Waals surface area contributed by atoms with E-state index in [1.807, 2.05) is 18.2 Å². The Bertz CT molecular complexity index is 959. The number of amides is 4. The number of carbonyl (C=O) groups excluding carboxylic acids is 3. The predicted octanol–water partition coefficient (Wildman–Crippen LogP) is 3.13. The van der Waals surface area contributed by atoms with Crippen molar-refractivity contribution in [3.05, 3.63) is 65.2 Å². The molecule has 29 heavy (non-hydrogen) atoms. The van der Waals surface area contributed by atoms with Crippen molar-refractivity contribution in [1.82, 2.24) is 10.2 Å². The molecule has 1 heterocycles. The number of carbonyl (C=O) groups is 3. The zero-order valence-electron chi connectivity index (χ0n) is 15.7. The molecular weight excluding hydrogens is 440 g/mol. The van der Waals surface area contributed by atoms with Gasteiger partial charge in [-0.3, -0.25) is 19.8 Å². The zero-order valence-corrected chi connectivity index (χ0v) is 17.3. The Balaban J connectivity index is 1.88. The predicted molar refractivity (Wildman–Crippen MR) is 111 cm³/mol. The monoisotopic (exact) mass is 458 g/mol. The molecule has 1 aliphatic rings. The first-order valence-electron chi connectivity index (χ1n) is 8.83. The van der Waals surface area contributed by atoms with Gasteiger partial charge in [-0.2, -0.15) is 0 Å². The first-order valence-corrected chi connectivity index (χ1v) is 9.95. The fourth-order valence-electron chi connectivity index (χ4n) is 2.81. The van der Waals surface area contributed by atoms with Crippen LogP contribution in [0.15, 0.2) is 54.1 Å². The van der Waals surface area contributed by atoms with Crippen LogP contribution in [-0.2, 0) is 16.1 Å². The molecular formula is C21H19BrN2O5. The number of benzene rings is 2. The third-order valence-corrected chi connectivity index (χ3v) is 4.53. The van der Waals surface area contributed by atoms with Crippen molar-refractivity contribution in [2.75, 3.05) is 19.0 Å². The van der Waals surface area contributed by atoms with E-state index in [4.69, 9.17) is 9.47 Å². The molecule has 1 saturated heterocycles. The molecule has 0 aromatic heterocycles. The molecule has 1 N–H and O–H groups in total. The summed E-state index contributed by atoms with van der Waals surface area (Å²) in [5.41, 5.74) is 1.22. The molecule has 0 aliphatic carbocycles. The van der Waals surface area contributed by atoms with Crippen LogP contribution in [0, 0.1) is 0 Å². The lowest BCUT2D eigenvalue weighted by Crippen LogP contribution is -2.53. The van der Waals surface area contributed by atoms with E-state index in [2.05, 4.69) is 21.2 Å². The molecule has 2 aromatic rings. The minimum Gasteiger partial charge on any atom is -0.493 e. The van der Waals surface area contributed by atoms with Crippen molar-refractivity contribution in [2.45, 2.75) is 6.54 Å². The van der Waals surface area contributed by atoms with Crippen LogP contribution in [0.4, 0.5) is 4.79 Å². The summed E-state index contributed by atoms with van der Waals surface area (Å²) < 4.78 is 10.9. The maximum Gasteiger partial charge on any atom is 0.331 e. The Labute approximate surface area is 176 Å². The summed E-state index contributed by atoms with van der Waals surface area (Å²) in [6.07, 6.45) is 1.43. The van der Waals surface area contributed by atoms with Gasteiger partial charge < -0.3 is 9.47 Å². The van der Waals surface area contributed by atoms with E-state index in [1.54, 1.807) is 30.3 Å². The minimum atomic E-state index is -0.739. The highest BCUT2D eigenvalue weighted by Gasteiger charge is 2.35. The van der Waals surface area contributed by atoms with E-state index in [0.717, 1.165) is 10.5 Å². The van der Waals surface area contributed by atoms with Crippen molar-refractivity contribution in [3.8, 4) is 11.5 Å².